The molecule has 1 aliphatic carbocycles. The number of nitrogens with one attached hydrogen (secondary N) is 1. The van der Waals surface area contributed by atoms with Crippen LogP contribution in [0.15, 0.2) is 24.3 Å². The first kappa shape index (κ1) is 31.0. The van der Waals surface area contributed by atoms with Crippen LogP contribution in [0.2, 0.25) is 0 Å². The van der Waals surface area contributed by atoms with Crippen LogP contribution in [0.4, 0.5) is 8.78 Å². The van der Waals surface area contributed by atoms with E-state index in [9.17, 15) is 27.7 Å². The van der Waals surface area contributed by atoms with Crippen molar-refractivity contribution in [3.05, 3.63) is 34.7 Å². The molecule has 3 N–H and O–H groups in total. The van der Waals surface area contributed by atoms with E-state index < -0.39 is 42.2 Å². The Bertz CT molecular complexity index is 1440. The van der Waals surface area contributed by atoms with Gasteiger partial charge in [-0.2, -0.15) is 8.78 Å². The number of likely N-dealkylation sites (tertiary alicyclic amines) is 2. The molecule has 230 valence electrons. The molecular formula is C29H38F2N3O6PS. The number of benzene rings is 1. The molecule has 1 saturated carbocycles. The summed E-state index contributed by atoms with van der Waals surface area (Å²) >= 11 is 1.02. The SMILES string of the molecule is CC(C)(C)C(NC(=O)c1cc2cc(C(F)(F)P(=O)(O)O)ccc2s1)C(=O)N1CCCC1C(=O)N1CCCC12CCCC2. The Kier molecular flexibility index (Phi) is 8.09. The summed E-state index contributed by atoms with van der Waals surface area (Å²) in [6.07, 6.45) is 7.50. The summed E-state index contributed by atoms with van der Waals surface area (Å²) in [4.78, 5) is 63.3. The molecule has 5 rings (SSSR count). The van der Waals surface area contributed by atoms with Crippen molar-refractivity contribution in [1.29, 1.82) is 0 Å². The molecule has 2 unspecified atom stereocenters. The fourth-order valence-corrected chi connectivity index (χ4v) is 8.25. The lowest BCUT2D eigenvalue weighted by molar-refractivity contribution is -0.148. The zero-order chi connectivity index (χ0) is 30.7. The summed E-state index contributed by atoms with van der Waals surface area (Å²) in [5.74, 6) is -0.887. The number of hydrogen-bond acceptors (Lipinski definition) is 5. The number of fused-ring (bicyclic) bond motifs is 1. The minimum absolute atomic E-state index is 0.00616. The van der Waals surface area contributed by atoms with Gasteiger partial charge in [-0.15, -0.1) is 11.3 Å². The summed E-state index contributed by atoms with van der Waals surface area (Å²) in [7, 11) is -5.75. The number of carbonyl (C=O) groups excluding carboxylic acids is 3. The second kappa shape index (κ2) is 10.9. The van der Waals surface area contributed by atoms with Crippen LogP contribution in [0.5, 0.6) is 0 Å². The van der Waals surface area contributed by atoms with Gasteiger partial charge in [-0.3, -0.25) is 18.9 Å². The lowest BCUT2D eigenvalue weighted by atomic mass is 9.85. The topological polar surface area (TPSA) is 127 Å². The Labute approximate surface area is 247 Å². The molecule has 2 aliphatic heterocycles. The van der Waals surface area contributed by atoms with Gasteiger partial charge in [-0.05, 0) is 67.5 Å². The third kappa shape index (κ3) is 5.51. The minimum atomic E-state index is -5.75. The molecule has 3 fully saturated rings. The number of thiophene rings is 1. The number of nitrogens with zero attached hydrogens (tertiary/aromatic N) is 2. The predicted octanol–water partition coefficient (Wildman–Crippen LogP) is 5.20. The van der Waals surface area contributed by atoms with Gasteiger partial charge in [0.15, 0.2) is 0 Å². The van der Waals surface area contributed by atoms with E-state index in [2.05, 4.69) is 5.32 Å². The van der Waals surface area contributed by atoms with Crippen LogP contribution >= 0.6 is 18.9 Å². The van der Waals surface area contributed by atoms with E-state index in [4.69, 9.17) is 9.79 Å². The molecule has 13 heteroatoms. The highest BCUT2D eigenvalue weighted by Gasteiger charge is 2.51. The predicted molar refractivity (Wildman–Crippen MR) is 155 cm³/mol. The van der Waals surface area contributed by atoms with E-state index in [1.165, 1.54) is 12.1 Å². The van der Waals surface area contributed by atoms with Crippen LogP contribution in [0.25, 0.3) is 10.1 Å². The van der Waals surface area contributed by atoms with E-state index in [1.54, 1.807) is 4.90 Å². The molecule has 0 bridgehead atoms. The molecule has 1 aromatic carbocycles. The van der Waals surface area contributed by atoms with E-state index in [0.29, 0.717) is 30.6 Å². The van der Waals surface area contributed by atoms with Crippen molar-refractivity contribution >= 4 is 46.7 Å². The summed E-state index contributed by atoms with van der Waals surface area (Å²) in [6, 6.07) is 3.05. The summed E-state index contributed by atoms with van der Waals surface area (Å²) < 4.78 is 40.3. The normalized spacial score (nSPS) is 21.8. The van der Waals surface area contributed by atoms with Gasteiger partial charge in [-0.1, -0.05) is 39.7 Å². The lowest BCUT2D eigenvalue weighted by Gasteiger charge is -2.40. The Morgan fingerprint density at radius 1 is 1.05 bits per heavy atom. The average Bonchev–Trinajstić information content (AvgIpc) is 3.72. The van der Waals surface area contributed by atoms with E-state index >= 15 is 0 Å². The standard InChI is InChI=1S/C29H38F2N3O6PS/c1-27(2,3)23(26(37)33-14-6-8-20(33)25(36)34-15-7-13-28(34)11-4-5-12-28)32-24(35)22-17-18-16-19(9-10-21(18)42-22)29(30,31)41(38,39)40/h9-10,16-17,20,23H,4-8,11-15H2,1-3H3,(H,32,35)(H2,38,39,40). The lowest BCUT2D eigenvalue weighted by Crippen LogP contribution is -2.59. The molecule has 2 atom stereocenters. The number of alkyl halides is 2. The van der Waals surface area contributed by atoms with Gasteiger partial charge in [0.1, 0.15) is 12.1 Å². The number of amides is 3. The van der Waals surface area contributed by atoms with Crippen molar-refractivity contribution in [3.63, 3.8) is 0 Å². The van der Waals surface area contributed by atoms with Gasteiger partial charge in [0.25, 0.3) is 5.91 Å². The first-order chi connectivity index (χ1) is 19.5. The van der Waals surface area contributed by atoms with E-state index in [-0.39, 0.29) is 27.6 Å². The molecule has 2 saturated heterocycles. The molecule has 42 heavy (non-hydrogen) atoms. The fourth-order valence-electron chi connectivity index (χ4n) is 6.83. The van der Waals surface area contributed by atoms with Crippen molar-refractivity contribution in [2.75, 3.05) is 13.1 Å². The highest BCUT2D eigenvalue weighted by atomic mass is 32.1. The minimum Gasteiger partial charge on any atom is -0.339 e. The molecule has 3 aliphatic rings. The third-order valence-electron chi connectivity index (χ3n) is 9.06. The van der Waals surface area contributed by atoms with Gasteiger partial charge in [0.05, 0.1) is 4.88 Å². The molecule has 9 nitrogen and oxygen atoms in total. The van der Waals surface area contributed by atoms with E-state index in [1.807, 2.05) is 25.7 Å². The summed E-state index contributed by atoms with van der Waals surface area (Å²) in [6.45, 7) is 6.64. The van der Waals surface area contributed by atoms with Gasteiger partial charge >= 0.3 is 13.3 Å². The van der Waals surface area contributed by atoms with Gasteiger partial charge in [0, 0.05) is 28.9 Å². The van der Waals surface area contributed by atoms with Crippen LogP contribution in [-0.2, 0) is 19.8 Å². The quantitative estimate of drug-likeness (QED) is 0.379. The maximum absolute atomic E-state index is 14.3. The fraction of sp³-hybridized carbons (Fsp3) is 0.621. The number of carbonyl (C=O) groups is 3. The second-order valence-corrected chi connectivity index (χ2v) is 15.7. The monoisotopic (exact) mass is 625 g/mol. The van der Waals surface area contributed by atoms with Gasteiger partial charge < -0.3 is 24.9 Å². The molecule has 1 aromatic heterocycles. The zero-order valence-corrected chi connectivity index (χ0v) is 25.8. The Morgan fingerprint density at radius 3 is 2.36 bits per heavy atom. The number of hydrogen-bond donors (Lipinski definition) is 3. The maximum Gasteiger partial charge on any atom is 0.399 e. The highest BCUT2D eigenvalue weighted by molar-refractivity contribution is 7.52. The Morgan fingerprint density at radius 2 is 1.71 bits per heavy atom. The smallest absolute Gasteiger partial charge is 0.339 e. The molecule has 3 heterocycles. The number of rotatable bonds is 6. The summed E-state index contributed by atoms with van der Waals surface area (Å²) in [5, 5.41) is 3.07. The summed E-state index contributed by atoms with van der Waals surface area (Å²) in [5.41, 5.74) is -6.00. The van der Waals surface area contributed by atoms with Crippen molar-refractivity contribution < 1.29 is 37.5 Å². The molecule has 3 amide bonds. The third-order valence-corrected chi connectivity index (χ3v) is 11.2. The van der Waals surface area contributed by atoms with Crippen molar-refractivity contribution in [3.8, 4) is 0 Å². The Hall–Kier alpha value is -2.40. The first-order valence-corrected chi connectivity index (χ1v) is 16.9. The van der Waals surface area contributed by atoms with Crippen molar-refractivity contribution in [2.45, 2.75) is 95.4 Å². The average molecular weight is 626 g/mol. The molecule has 0 radical (unpaired) electrons. The Balaban J connectivity index is 1.36. The largest absolute Gasteiger partial charge is 0.399 e. The molecular weight excluding hydrogens is 587 g/mol. The molecule has 1 spiro atoms. The zero-order valence-electron chi connectivity index (χ0n) is 24.1. The van der Waals surface area contributed by atoms with E-state index in [0.717, 1.165) is 62.0 Å². The van der Waals surface area contributed by atoms with Crippen molar-refractivity contribution in [1.82, 2.24) is 15.1 Å². The van der Waals surface area contributed by atoms with Gasteiger partial charge in [-0.25, -0.2) is 0 Å². The highest BCUT2D eigenvalue weighted by Crippen LogP contribution is 2.59. The van der Waals surface area contributed by atoms with Crippen LogP contribution in [-0.4, -0.2) is 68.0 Å². The number of halogens is 2. The van der Waals surface area contributed by atoms with Crippen LogP contribution < -0.4 is 5.32 Å². The van der Waals surface area contributed by atoms with Crippen molar-refractivity contribution in [2.24, 2.45) is 5.41 Å². The van der Waals surface area contributed by atoms with Crippen LogP contribution in [0.3, 0.4) is 0 Å². The maximum atomic E-state index is 14.3. The van der Waals surface area contributed by atoms with Crippen LogP contribution in [0.1, 0.15) is 87.4 Å². The first-order valence-electron chi connectivity index (χ1n) is 14.5. The van der Waals surface area contributed by atoms with Crippen LogP contribution in [0, 0.1) is 5.41 Å². The van der Waals surface area contributed by atoms with Gasteiger partial charge in [0.2, 0.25) is 11.8 Å². The second-order valence-electron chi connectivity index (χ2n) is 12.9. The molecule has 2 aromatic rings.